The van der Waals surface area contributed by atoms with Crippen LogP contribution in [0.4, 0.5) is 0 Å². The minimum absolute atomic E-state index is 0.0129. The first-order valence-electron chi connectivity index (χ1n) is 6.28. The summed E-state index contributed by atoms with van der Waals surface area (Å²) in [6, 6.07) is 4.48. The lowest BCUT2D eigenvalue weighted by Gasteiger charge is -2.19. The van der Waals surface area contributed by atoms with Crippen molar-refractivity contribution in [2.75, 3.05) is 7.11 Å². The molecule has 0 aliphatic carbocycles. The number of carbonyl (C=O) groups is 1. The van der Waals surface area contributed by atoms with Crippen LogP contribution < -0.4 is 14.6 Å². The van der Waals surface area contributed by atoms with Crippen molar-refractivity contribution < 1.29 is 23.1 Å². The molecule has 0 bridgehead atoms. The van der Waals surface area contributed by atoms with Crippen molar-refractivity contribution in [3.63, 3.8) is 0 Å². The van der Waals surface area contributed by atoms with Crippen LogP contribution in [0.3, 0.4) is 0 Å². The van der Waals surface area contributed by atoms with Gasteiger partial charge in [0, 0.05) is 0 Å². The van der Waals surface area contributed by atoms with Crippen molar-refractivity contribution in [1.82, 2.24) is 4.72 Å². The van der Waals surface area contributed by atoms with Crippen molar-refractivity contribution >= 4 is 16.0 Å². The second-order valence-corrected chi connectivity index (χ2v) is 6.02. The molecule has 0 radical (unpaired) electrons. The first-order chi connectivity index (χ1) is 9.40. The van der Waals surface area contributed by atoms with Crippen molar-refractivity contribution in [1.29, 1.82) is 0 Å². The number of sulfonamides is 1. The predicted octanol–water partition coefficient (Wildman–Crippen LogP) is 0.282. The molecule has 112 valence electrons. The second-order valence-electron chi connectivity index (χ2n) is 4.31. The number of ether oxygens (including phenoxy) is 1. The highest BCUT2D eigenvalue weighted by atomic mass is 32.2. The zero-order valence-corrected chi connectivity index (χ0v) is 12.3. The normalized spacial score (nSPS) is 12.9. The molecule has 0 fully saturated rings. The van der Waals surface area contributed by atoms with E-state index in [0.717, 1.165) is 6.42 Å². The molecule has 0 saturated carbocycles. The molecule has 0 aliphatic rings. The highest BCUT2D eigenvalue weighted by Gasteiger charge is 2.20. The van der Waals surface area contributed by atoms with E-state index in [2.05, 4.69) is 4.72 Å². The van der Waals surface area contributed by atoms with Gasteiger partial charge in [0.2, 0.25) is 10.0 Å². The number of aliphatic carboxylic acids is 1. The van der Waals surface area contributed by atoms with Gasteiger partial charge in [-0.1, -0.05) is 19.8 Å². The summed E-state index contributed by atoms with van der Waals surface area (Å²) in [7, 11) is -2.42. The third kappa shape index (κ3) is 4.50. The van der Waals surface area contributed by atoms with E-state index in [0.29, 0.717) is 12.2 Å². The van der Waals surface area contributed by atoms with E-state index in [9.17, 15) is 18.3 Å². The van der Waals surface area contributed by atoms with Gasteiger partial charge in [0.05, 0.1) is 24.0 Å². The van der Waals surface area contributed by atoms with Gasteiger partial charge in [-0.3, -0.25) is 0 Å². The van der Waals surface area contributed by atoms with Crippen molar-refractivity contribution in [2.24, 2.45) is 0 Å². The Hall–Kier alpha value is -1.60. The van der Waals surface area contributed by atoms with Gasteiger partial charge in [-0.25, -0.2) is 13.1 Å². The van der Waals surface area contributed by atoms with Crippen LogP contribution in [0, 0.1) is 0 Å². The Morgan fingerprint density at radius 2 is 1.95 bits per heavy atom. The highest BCUT2D eigenvalue weighted by molar-refractivity contribution is 7.89. The number of nitrogens with one attached hydrogen (secondary N) is 1. The van der Waals surface area contributed by atoms with Crippen LogP contribution in [-0.4, -0.2) is 27.5 Å². The number of unbranched alkanes of at least 4 members (excludes halogenated alkanes) is 1. The van der Waals surface area contributed by atoms with Crippen LogP contribution in [-0.2, 0) is 14.8 Å². The van der Waals surface area contributed by atoms with Gasteiger partial charge < -0.3 is 14.6 Å². The summed E-state index contributed by atoms with van der Waals surface area (Å²) in [5.41, 5.74) is 0. The molecule has 0 heterocycles. The van der Waals surface area contributed by atoms with E-state index in [-0.39, 0.29) is 11.3 Å². The van der Waals surface area contributed by atoms with E-state index >= 15 is 0 Å². The molecular formula is C13H18NO5S-. The fraction of sp³-hybridized carbons (Fsp3) is 0.462. The van der Waals surface area contributed by atoms with Crippen molar-refractivity contribution in [2.45, 2.75) is 37.1 Å². The quantitative estimate of drug-likeness (QED) is 0.744. The zero-order valence-electron chi connectivity index (χ0n) is 11.5. The number of hydrogen-bond donors (Lipinski definition) is 1. The number of benzene rings is 1. The van der Waals surface area contributed by atoms with Gasteiger partial charge in [0.25, 0.3) is 0 Å². The van der Waals surface area contributed by atoms with Gasteiger partial charge in [-0.2, -0.15) is 0 Å². The standard InChI is InChI=1S/C13H19NO5S/c1-3-4-5-12(13(15)16)14-20(17,18)11-8-6-10(19-2)7-9-11/h6-9,12,14H,3-5H2,1-2H3,(H,15,16)/p-1/t12-/m0/s1. The molecule has 0 saturated heterocycles. The molecule has 1 rings (SSSR count). The molecule has 0 amide bonds. The number of carboxylic acid groups (broad SMARTS) is 1. The van der Waals surface area contributed by atoms with Gasteiger partial charge in [-0.05, 0) is 30.7 Å². The fourth-order valence-corrected chi connectivity index (χ4v) is 2.86. The Morgan fingerprint density at radius 3 is 2.40 bits per heavy atom. The SMILES string of the molecule is CCCC[C@H](NS(=O)(=O)c1ccc(OC)cc1)C(=O)[O-]. The number of methoxy groups -OCH3 is 1. The summed E-state index contributed by atoms with van der Waals surface area (Å²) in [5.74, 6) is -0.901. The van der Waals surface area contributed by atoms with Gasteiger partial charge in [-0.15, -0.1) is 0 Å². The third-order valence-electron chi connectivity index (χ3n) is 2.80. The monoisotopic (exact) mass is 300 g/mol. The Morgan fingerprint density at radius 1 is 1.35 bits per heavy atom. The lowest BCUT2D eigenvalue weighted by molar-refractivity contribution is -0.308. The molecule has 0 unspecified atom stereocenters. The zero-order chi connectivity index (χ0) is 15.2. The van der Waals surface area contributed by atoms with Crippen LogP contribution in [0.2, 0.25) is 0 Å². The average Bonchev–Trinajstić information content (AvgIpc) is 2.43. The Labute approximate surface area is 118 Å². The van der Waals surface area contributed by atoms with Crippen LogP contribution in [0.25, 0.3) is 0 Å². The van der Waals surface area contributed by atoms with E-state index in [1.165, 1.54) is 31.4 Å². The first-order valence-corrected chi connectivity index (χ1v) is 7.76. The minimum Gasteiger partial charge on any atom is -0.548 e. The van der Waals surface area contributed by atoms with Crippen LogP contribution in [0.15, 0.2) is 29.2 Å². The molecule has 1 atom stereocenters. The van der Waals surface area contributed by atoms with Crippen LogP contribution in [0.1, 0.15) is 26.2 Å². The molecule has 0 aliphatic heterocycles. The lowest BCUT2D eigenvalue weighted by Crippen LogP contribution is -2.47. The molecule has 1 N–H and O–H groups in total. The van der Waals surface area contributed by atoms with Crippen LogP contribution >= 0.6 is 0 Å². The van der Waals surface area contributed by atoms with Crippen LogP contribution in [0.5, 0.6) is 5.75 Å². The molecule has 20 heavy (non-hydrogen) atoms. The minimum atomic E-state index is -3.89. The lowest BCUT2D eigenvalue weighted by atomic mass is 10.1. The number of carboxylic acids is 1. The summed E-state index contributed by atoms with van der Waals surface area (Å²) in [6.07, 6.45) is 1.58. The summed E-state index contributed by atoms with van der Waals surface area (Å²) in [4.78, 5) is 10.9. The summed E-state index contributed by atoms with van der Waals surface area (Å²) >= 11 is 0. The molecule has 6 nitrogen and oxygen atoms in total. The summed E-state index contributed by atoms with van der Waals surface area (Å²) in [5, 5.41) is 11.0. The van der Waals surface area contributed by atoms with E-state index < -0.39 is 22.0 Å². The van der Waals surface area contributed by atoms with Crippen molar-refractivity contribution in [3.8, 4) is 5.75 Å². The summed E-state index contributed by atoms with van der Waals surface area (Å²) in [6.45, 7) is 1.89. The Balaban J connectivity index is 2.88. The number of rotatable bonds is 8. The Kier molecular flexibility index (Phi) is 5.97. The number of hydrogen-bond acceptors (Lipinski definition) is 5. The predicted molar refractivity (Wildman–Crippen MR) is 71.6 cm³/mol. The van der Waals surface area contributed by atoms with Gasteiger partial charge in [0.1, 0.15) is 5.75 Å². The maximum atomic E-state index is 12.1. The van der Waals surface area contributed by atoms with Gasteiger partial charge >= 0.3 is 0 Å². The number of carbonyl (C=O) groups excluding carboxylic acids is 1. The Bertz CT molecular complexity index is 538. The molecule has 1 aromatic rings. The molecule has 1 aromatic carbocycles. The van der Waals surface area contributed by atoms with E-state index in [1.807, 2.05) is 6.92 Å². The smallest absolute Gasteiger partial charge is 0.241 e. The molecular weight excluding hydrogens is 282 g/mol. The molecule has 7 heteroatoms. The average molecular weight is 300 g/mol. The van der Waals surface area contributed by atoms with Crippen molar-refractivity contribution in [3.05, 3.63) is 24.3 Å². The maximum Gasteiger partial charge on any atom is 0.241 e. The molecule has 0 aromatic heterocycles. The second kappa shape index (κ2) is 7.25. The largest absolute Gasteiger partial charge is 0.548 e. The van der Waals surface area contributed by atoms with E-state index in [1.54, 1.807) is 0 Å². The van der Waals surface area contributed by atoms with E-state index in [4.69, 9.17) is 4.74 Å². The summed E-state index contributed by atoms with van der Waals surface area (Å²) < 4.78 is 31.2. The van der Waals surface area contributed by atoms with Gasteiger partial charge in [0.15, 0.2) is 0 Å². The fourth-order valence-electron chi connectivity index (χ4n) is 1.64. The third-order valence-corrected chi connectivity index (χ3v) is 4.29. The maximum absolute atomic E-state index is 12.1. The highest BCUT2D eigenvalue weighted by Crippen LogP contribution is 2.16. The first kappa shape index (κ1) is 16.5. The molecule has 0 spiro atoms. The topological polar surface area (TPSA) is 95.5 Å².